The molecule has 0 saturated heterocycles. The normalized spacial score (nSPS) is 18.4. The van der Waals surface area contributed by atoms with Crippen LogP contribution in [0.3, 0.4) is 0 Å². The Labute approximate surface area is 470 Å². The van der Waals surface area contributed by atoms with Crippen molar-refractivity contribution in [2.24, 2.45) is 0 Å². The minimum absolute atomic E-state index is 0.0314. The van der Waals surface area contributed by atoms with E-state index in [1.807, 2.05) is 27.7 Å². The predicted octanol–water partition coefficient (Wildman–Crippen LogP) is 6.15. The van der Waals surface area contributed by atoms with E-state index in [-0.39, 0.29) is 98.4 Å². The Hall–Kier alpha value is -7.32. The molecule has 0 unspecified atom stereocenters. The Morgan fingerprint density at radius 3 is 0.787 bits per heavy atom. The van der Waals surface area contributed by atoms with Crippen LogP contribution in [0.2, 0.25) is 0 Å². The molecule has 18 heteroatoms. The van der Waals surface area contributed by atoms with Crippen LogP contribution in [-0.4, -0.2) is 130 Å². The SMILES string of the molecule is Cc1ccc(S(=O)(=O)N2CC=C(C#CC3=C(C#CC4=C(C#CC5=C(C#CC6=C(C#CC7=CCN(S(=O)(=O)c8ccc(C)cc8)C7)CN(S(=O)(=O)c7ccc(C)cc7)C6)COC5)COC4)CN(S(=O)(=O)c4ccc(C)cc4)C3)C2)cc1. The lowest BCUT2D eigenvalue weighted by atomic mass is 10.1. The molecule has 0 bridgehead atoms. The van der Waals surface area contributed by atoms with Gasteiger partial charge in [0.1, 0.15) is 0 Å². The average Bonchev–Trinajstić information content (AvgIpc) is 4.34. The van der Waals surface area contributed by atoms with Crippen molar-refractivity contribution in [1.82, 2.24) is 17.2 Å². The number of benzene rings is 4. The lowest BCUT2D eigenvalue weighted by molar-refractivity contribution is 0.207. The maximum absolute atomic E-state index is 14.0. The highest BCUT2D eigenvalue weighted by atomic mass is 32.2. The molecule has 4 aromatic rings. The molecule has 0 radical (unpaired) electrons. The number of hydrogen-bond donors (Lipinski definition) is 0. The third-order valence-electron chi connectivity index (χ3n) is 14.0. The molecule has 10 rings (SSSR count). The maximum atomic E-state index is 14.0. The van der Waals surface area contributed by atoms with Crippen LogP contribution in [-0.2, 0) is 49.6 Å². The Kier molecular flexibility index (Phi) is 16.1. The van der Waals surface area contributed by atoms with E-state index in [1.54, 1.807) is 109 Å². The number of aryl methyl sites for hydroxylation is 4. The summed E-state index contributed by atoms with van der Waals surface area (Å²) in [6, 6.07) is 26.6. The lowest BCUT2D eigenvalue weighted by Gasteiger charge is -2.16. The zero-order chi connectivity index (χ0) is 56.4. The molecule has 0 saturated carbocycles. The van der Waals surface area contributed by atoms with E-state index in [4.69, 9.17) is 9.47 Å². The van der Waals surface area contributed by atoms with Crippen LogP contribution in [0.1, 0.15) is 22.3 Å². The summed E-state index contributed by atoms with van der Waals surface area (Å²) in [4.78, 5) is 0.662. The van der Waals surface area contributed by atoms with Gasteiger partial charge in [-0.25, -0.2) is 33.7 Å². The van der Waals surface area contributed by atoms with E-state index in [0.29, 0.717) is 55.7 Å². The van der Waals surface area contributed by atoms with Gasteiger partial charge in [-0.05, 0) is 76.2 Å². The zero-order valence-corrected chi connectivity index (χ0v) is 47.6. The van der Waals surface area contributed by atoms with Crippen LogP contribution in [0.5, 0.6) is 0 Å². The van der Waals surface area contributed by atoms with Crippen molar-refractivity contribution in [2.75, 3.05) is 78.8 Å². The van der Waals surface area contributed by atoms with Gasteiger partial charge in [-0.2, -0.15) is 17.2 Å². The van der Waals surface area contributed by atoms with E-state index >= 15 is 0 Å². The fourth-order valence-electron chi connectivity index (χ4n) is 9.11. The van der Waals surface area contributed by atoms with Gasteiger partial charge in [-0.1, -0.05) is 142 Å². The topological polar surface area (TPSA) is 168 Å². The molecule has 6 aliphatic rings. The van der Waals surface area contributed by atoms with E-state index in [0.717, 1.165) is 22.3 Å². The lowest BCUT2D eigenvalue weighted by Crippen LogP contribution is -2.29. The minimum Gasteiger partial charge on any atom is -0.371 e. The summed E-state index contributed by atoms with van der Waals surface area (Å²) in [5, 5.41) is 0. The van der Waals surface area contributed by atoms with Crippen LogP contribution in [0, 0.1) is 86.9 Å². The van der Waals surface area contributed by atoms with Crippen molar-refractivity contribution in [2.45, 2.75) is 47.3 Å². The number of hydrogen-bond acceptors (Lipinski definition) is 10. The second-order valence-electron chi connectivity index (χ2n) is 19.9. The Balaban J connectivity index is 0.912. The molecule has 0 N–H and O–H groups in total. The molecule has 4 aromatic carbocycles. The molecule has 6 aliphatic heterocycles. The van der Waals surface area contributed by atoms with Gasteiger partial charge in [0.25, 0.3) is 0 Å². The Morgan fingerprint density at radius 2 is 0.525 bits per heavy atom. The first kappa shape index (κ1) is 56.0. The van der Waals surface area contributed by atoms with Crippen molar-refractivity contribution >= 4 is 40.1 Å². The molecule has 14 nitrogen and oxygen atoms in total. The quantitative estimate of drug-likeness (QED) is 0.187. The molecule has 0 aliphatic carbocycles. The van der Waals surface area contributed by atoms with Crippen molar-refractivity contribution in [3.8, 4) is 59.2 Å². The molecule has 80 heavy (non-hydrogen) atoms. The fourth-order valence-corrected chi connectivity index (χ4v) is 14.6. The average molecular weight is 1140 g/mol. The first-order chi connectivity index (χ1) is 38.2. The predicted molar refractivity (Wildman–Crippen MR) is 305 cm³/mol. The van der Waals surface area contributed by atoms with Gasteiger partial charge >= 0.3 is 0 Å². The van der Waals surface area contributed by atoms with Crippen molar-refractivity contribution in [1.29, 1.82) is 0 Å². The van der Waals surface area contributed by atoms with E-state index in [2.05, 4.69) is 59.2 Å². The summed E-state index contributed by atoms with van der Waals surface area (Å²) in [6.07, 6.45) is 3.52. The van der Waals surface area contributed by atoms with Crippen LogP contribution >= 0.6 is 0 Å². The highest BCUT2D eigenvalue weighted by Crippen LogP contribution is 2.29. The number of rotatable bonds is 8. The summed E-state index contributed by atoms with van der Waals surface area (Å²) < 4.78 is 127. The smallest absolute Gasteiger partial charge is 0.243 e. The van der Waals surface area contributed by atoms with E-state index < -0.39 is 40.1 Å². The molecule has 406 valence electrons. The fraction of sp³-hybridized carbons (Fsp3) is 0.258. The molecular formula is C62H54N4O10S4. The summed E-state index contributed by atoms with van der Waals surface area (Å²) in [6.45, 7) is 8.57. The number of nitrogens with zero attached hydrogens (tertiary/aromatic N) is 4. The third kappa shape index (κ3) is 12.2. The van der Waals surface area contributed by atoms with Crippen LogP contribution < -0.4 is 0 Å². The largest absolute Gasteiger partial charge is 0.371 e. The summed E-state index contributed by atoms with van der Waals surface area (Å²) in [7, 11) is -15.4. The minimum atomic E-state index is -3.94. The van der Waals surface area contributed by atoms with E-state index in [1.165, 1.54) is 17.2 Å². The Bertz CT molecular complexity index is 3970. The van der Waals surface area contributed by atoms with Crippen molar-refractivity contribution in [3.63, 3.8) is 0 Å². The highest BCUT2D eigenvalue weighted by Gasteiger charge is 2.34. The first-order valence-corrected chi connectivity index (χ1v) is 31.3. The first-order valence-electron chi connectivity index (χ1n) is 25.5. The Morgan fingerprint density at radius 1 is 0.300 bits per heavy atom. The third-order valence-corrected chi connectivity index (χ3v) is 21.3. The van der Waals surface area contributed by atoms with Crippen LogP contribution in [0.25, 0.3) is 0 Å². The van der Waals surface area contributed by atoms with Crippen LogP contribution in [0.15, 0.2) is 185 Å². The molecule has 0 aromatic heterocycles. The molecule has 0 spiro atoms. The molecule has 0 amide bonds. The van der Waals surface area contributed by atoms with Gasteiger partial charge in [-0.3, -0.25) is 0 Å². The standard InChI is InChI=1S/C62H54N4O10S4/c1-45-5-23-59(24-6-45)77(67,68)63-33-31-49(35-63)13-15-51-37-65(79(71,72)61-27-9-47(3)10-28-61)39-53(51)17-19-55-41-75-43-57(55)21-22-58-44-76-42-56(58)20-18-54-40-66(80(73,74)62-29-11-48(4)12-30-62)38-52(54)16-14-50-32-34-64(36-50)78(69,70)60-25-7-46(2)8-26-60/h5-12,23-32H,33-44H2,1-4H3. The summed E-state index contributed by atoms with van der Waals surface area (Å²) in [5.74, 6) is 31.8. The van der Waals surface area contributed by atoms with Gasteiger partial charge in [-0.15, -0.1) is 0 Å². The maximum Gasteiger partial charge on any atom is 0.243 e. The molecule has 6 heterocycles. The monoisotopic (exact) mass is 1140 g/mol. The van der Waals surface area contributed by atoms with Gasteiger partial charge in [0.15, 0.2) is 0 Å². The number of ether oxygens (including phenoxy) is 2. The van der Waals surface area contributed by atoms with Crippen LogP contribution in [0.4, 0.5) is 0 Å². The van der Waals surface area contributed by atoms with Gasteiger partial charge < -0.3 is 9.47 Å². The van der Waals surface area contributed by atoms with Crippen molar-refractivity contribution < 1.29 is 43.1 Å². The van der Waals surface area contributed by atoms with Gasteiger partial charge in [0.05, 0.1) is 46.0 Å². The molecule has 0 fully saturated rings. The second-order valence-corrected chi connectivity index (χ2v) is 27.7. The zero-order valence-electron chi connectivity index (χ0n) is 44.4. The molecule has 0 atom stereocenters. The number of sulfonamides is 4. The van der Waals surface area contributed by atoms with Gasteiger partial charge in [0, 0.05) is 108 Å². The highest BCUT2D eigenvalue weighted by molar-refractivity contribution is 7.90. The van der Waals surface area contributed by atoms with Crippen molar-refractivity contribution in [3.05, 3.63) is 187 Å². The van der Waals surface area contributed by atoms with E-state index in [9.17, 15) is 33.7 Å². The summed E-state index contributed by atoms with van der Waals surface area (Å²) >= 11 is 0. The molecular weight excluding hydrogens is 1090 g/mol. The second kappa shape index (κ2) is 23.0. The summed E-state index contributed by atoms with van der Waals surface area (Å²) in [5.41, 5.74) is 9.35. The van der Waals surface area contributed by atoms with Gasteiger partial charge in [0.2, 0.25) is 40.1 Å².